The lowest BCUT2D eigenvalue weighted by Gasteiger charge is -2.39. The first-order valence-corrected chi connectivity index (χ1v) is 15.8. The number of piperidine rings is 1. The Bertz CT molecular complexity index is 1190. The molecule has 216 valence electrons. The van der Waals surface area contributed by atoms with Gasteiger partial charge in [-0.3, -0.25) is 13.9 Å². The number of carbonyl (C=O) groups is 2. The Morgan fingerprint density at radius 2 is 1.77 bits per heavy atom. The highest BCUT2D eigenvalue weighted by molar-refractivity contribution is 8.03. The van der Waals surface area contributed by atoms with E-state index in [-0.39, 0.29) is 34.9 Å². The minimum atomic E-state index is -3.34. The van der Waals surface area contributed by atoms with Gasteiger partial charge in [-0.05, 0) is 65.2 Å². The number of hydrogen-bond acceptors (Lipinski definition) is 6. The number of hydrogen-bond donors (Lipinski definition) is 2. The highest BCUT2D eigenvalue weighted by Gasteiger charge is 2.50. The van der Waals surface area contributed by atoms with Crippen LogP contribution < -0.4 is 5.32 Å². The molecule has 0 spiro atoms. The van der Waals surface area contributed by atoms with Crippen molar-refractivity contribution in [3.05, 3.63) is 29.8 Å². The molecule has 2 heterocycles. The third kappa shape index (κ3) is 6.43. The van der Waals surface area contributed by atoms with Crippen molar-refractivity contribution in [3.63, 3.8) is 0 Å². The van der Waals surface area contributed by atoms with Crippen molar-refractivity contribution in [3.8, 4) is 6.07 Å². The molecule has 1 saturated carbocycles. The summed E-state index contributed by atoms with van der Waals surface area (Å²) in [6.45, 7) is 7.46. The van der Waals surface area contributed by atoms with Gasteiger partial charge in [0.2, 0.25) is 5.91 Å². The fourth-order valence-electron chi connectivity index (χ4n) is 5.70. The molecule has 11 heteroatoms. The van der Waals surface area contributed by atoms with E-state index in [1.165, 1.54) is 18.2 Å². The summed E-state index contributed by atoms with van der Waals surface area (Å²) in [5.74, 6) is -3.45. The monoisotopic (exact) mass is 566 g/mol. The largest absolute Gasteiger partial charge is 0.444 e. The van der Waals surface area contributed by atoms with Crippen LogP contribution in [0, 0.1) is 11.3 Å². The van der Waals surface area contributed by atoms with Crippen molar-refractivity contribution < 1.29 is 27.3 Å². The predicted molar refractivity (Wildman–Crippen MR) is 145 cm³/mol. The van der Waals surface area contributed by atoms with E-state index in [0.29, 0.717) is 45.3 Å². The van der Waals surface area contributed by atoms with Crippen LogP contribution >= 0.6 is 0 Å². The maximum absolute atomic E-state index is 14.5. The second kappa shape index (κ2) is 10.4. The summed E-state index contributed by atoms with van der Waals surface area (Å²) < 4.78 is 48.7. The summed E-state index contributed by atoms with van der Waals surface area (Å²) in [6.07, 6.45) is 3.78. The van der Waals surface area contributed by atoms with E-state index in [9.17, 15) is 27.8 Å². The van der Waals surface area contributed by atoms with Gasteiger partial charge < -0.3 is 15.0 Å². The van der Waals surface area contributed by atoms with Crippen LogP contribution in [-0.4, -0.2) is 80.4 Å². The maximum atomic E-state index is 14.5. The summed E-state index contributed by atoms with van der Waals surface area (Å²) in [4.78, 5) is 29.9. The van der Waals surface area contributed by atoms with Gasteiger partial charge in [0.1, 0.15) is 11.1 Å². The molecule has 1 aliphatic carbocycles. The zero-order valence-electron chi connectivity index (χ0n) is 23.4. The van der Waals surface area contributed by atoms with Crippen LogP contribution in [0.2, 0.25) is 0 Å². The van der Waals surface area contributed by atoms with E-state index in [1.54, 1.807) is 17.2 Å². The van der Waals surface area contributed by atoms with Crippen molar-refractivity contribution in [1.29, 1.82) is 5.26 Å². The number of nitrogens with zero attached hydrogens (tertiary/aromatic N) is 3. The quantitative estimate of drug-likeness (QED) is 0.508. The summed E-state index contributed by atoms with van der Waals surface area (Å²) in [5.41, 5.74) is -1.71. The van der Waals surface area contributed by atoms with E-state index in [2.05, 4.69) is 11.4 Å². The number of carbonyl (C=O) groups excluding carboxylic acids is 2. The van der Waals surface area contributed by atoms with E-state index < -0.39 is 38.3 Å². The molecule has 2 atom stereocenters. The average molecular weight is 567 g/mol. The van der Waals surface area contributed by atoms with Crippen LogP contribution in [0.4, 0.5) is 13.6 Å². The zero-order valence-corrected chi connectivity index (χ0v) is 24.3. The van der Waals surface area contributed by atoms with E-state index in [0.717, 1.165) is 6.92 Å². The van der Waals surface area contributed by atoms with Crippen LogP contribution in [-0.2, 0) is 25.4 Å². The predicted octanol–water partition coefficient (Wildman–Crippen LogP) is 3.82. The van der Waals surface area contributed by atoms with Gasteiger partial charge in [-0.1, -0.05) is 28.1 Å². The Kier molecular flexibility index (Phi) is 7.87. The fraction of sp³-hybridized carbons (Fsp3) is 0.679. The molecule has 1 aromatic rings. The van der Waals surface area contributed by atoms with E-state index >= 15 is 0 Å². The highest BCUT2D eigenvalue weighted by Crippen LogP contribution is 2.41. The fourth-order valence-corrected chi connectivity index (χ4v) is 8.33. The number of thiol groups is 1. The van der Waals surface area contributed by atoms with Crippen LogP contribution in [0.3, 0.4) is 0 Å². The topological polar surface area (TPSA) is 103 Å². The number of nitriles is 1. The number of rotatable bonds is 6. The third-order valence-corrected chi connectivity index (χ3v) is 11.2. The summed E-state index contributed by atoms with van der Waals surface area (Å²) in [7, 11) is -3.34. The highest BCUT2D eigenvalue weighted by atomic mass is 32.2. The number of halogens is 2. The second-order valence-corrected chi connectivity index (χ2v) is 15.6. The molecule has 2 unspecified atom stereocenters. The molecule has 3 aliphatic rings. The van der Waals surface area contributed by atoms with E-state index in [1.807, 2.05) is 25.7 Å². The van der Waals surface area contributed by atoms with Crippen molar-refractivity contribution in [2.45, 2.75) is 99.1 Å². The Labute approximate surface area is 230 Å². The molecule has 1 aromatic carbocycles. The molecule has 0 radical (unpaired) electrons. The first-order chi connectivity index (χ1) is 18.1. The minimum absolute atomic E-state index is 0.0652. The van der Waals surface area contributed by atoms with Gasteiger partial charge in [-0.25, -0.2) is 13.6 Å². The smallest absolute Gasteiger partial charge is 0.410 e. The molecular formula is C28H40F2N4O4S. The molecular weight excluding hydrogens is 526 g/mol. The minimum Gasteiger partial charge on any atom is -0.444 e. The first-order valence-electron chi connectivity index (χ1n) is 13.6. The molecule has 8 nitrogen and oxygen atoms in total. The number of benzene rings is 1. The van der Waals surface area contributed by atoms with Gasteiger partial charge in [-0.15, -0.1) is 0 Å². The maximum Gasteiger partial charge on any atom is 0.410 e. The van der Waals surface area contributed by atoms with Gasteiger partial charge in [-0.2, -0.15) is 5.26 Å². The number of ether oxygens (including phenoxy) is 1. The van der Waals surface area contributed by atoms with Crippen LogP contribution in [0.25, 0.3) is 0 Å². The molecule has 2 amide bonds. The van der Waals surface area contributed by atoms with Crippen molar-refractivity contribution in [2.24, 2.45) is 0 Å². The molecule has 3 fully saturated rings. The molecule has 4 rings (SSSR count). The normalized spacial score (nSPS) is 24.6. The summed E-state index contributed by atoms with van der Waals surface area (Å²) >= 11 is 0. The molecule has 2 aliphatic heterocycles. The molecule has 0 aromatic heterocycles. The third-order valence-electron chi connectivity index (χ3n) is 8.08. The van der Waals surface area contributed by atoms with Crippen LogP contribution in [0.5, 0.6) is 0 Å². The Morgan fingerprint density at radius 1 is 1.15 bits per heavy atom. The number of likely N-dealkylation sites (tertiary alicyclic amines) is 2. The lowest BCUT2D eigenvalue weighted by molar-refractivity contribution is -0.127. The Hall–Kier alpha value is -2.58. The van der Waals surface area contributed by atoms with Gasteiger partial charge >= 0.3 is 6.09 Å². The van der Waals surface area contributed by atoms with Crippen molar-refractivity contribution in [1.82, 2.24) is 15.1 Å². The average Bonchev–Trinajstić information content (AvgIpc) is 3.47. The van der Waals surface area contributed by atoms with Gasteiger partial charge in [0.05, 0.1) is 12.1 Å². The van der Waals surface area contributed by atoms with Crippen molar-refractivity contribution >= 4 is 21.9 Å². The van der Waals surface area contributed by atoms with Crippen molar-refractivity contribution in [2.75, 3.05) is 25.9 Å². The molecule has 0 bridgehead atoms. The lowest BCUT2D eigenvalue weighted by Crippen LogP contribution is -2.54. The molecule has 39 heavy (non-hydrogen) atoms. The summed E-state index contributed by atoms with van der Waals surface area (Å²) in [6, 6.07) is 7.45. The number of nitrogens with one attached hydrogen (secondary N) is 1. The molecule has 2 saturated heterocycles. The Balaban J connectivity index is 1.56. The first kappa shape index (κ1) is 29.4. The summed E-state index contributed by atoms with van der Waals surface area (Å²) in [5, 5.41) is 11.9. The number of amides is 2. The standard InChI is InChI=1S/C28H40F2N4O4S/c1-26(2,3)38-25(36)33-14-10-19(11-15-33)34-17-20(16-22(34)24(35)32-28(18-31)12-13-28)39(5,37)23-9-7-6-8-21(23)27(4,29)30/h6-9,19-20,22,39H,10-17H2,1-5H3,(H,32,35). The van der Waals surface area contributed by atoms with Gasteiger partial charge in [0.25, 0.3) is 5.92 Å². The van der Waals surface area contributed by atoms with Crippen LogP contribution in [0.1, 0.15) is 65.4 Å². The second-order valence-electron chi connectivity index (χ2n) is 12.4. The SMILES string of the molecule is CC(C)(C)OC(=O)N1CCC(N2CC([SH](C)(=O)c3ccccc3C(C)(F)F)CC2C(=O)NC2(C#N)CC2)CC1. The number of alkyl halides is 2. The zero-order chi connectivity index (χ0) is 28.8. The van der Waals surface area contributed by atoms with Gasteiger partial charge in [0.15, 0.2) is 0 Å². The van der Waals surface area contributed by atoms with E-state index in [4.69, 9.17) is 4.74 Å². The lowest BCUT2D eigenvalue weighted by atomic mass is 10.0. The Morgan fingerprint density at radius 3 is 2.31 bits per heavy atom. The molecule has 1 N–H and O–H groups in total. The van der Waals surface area contributed by atoms with Crippen LogP contribution in [0.15, 0.2) is 29.2 Å². The van der Waals surface area contributed by atoms with Gasteiger partial charge in [0, 0.05) is 48.3 Å².